The van der Waals surface area contributed by atoms with Gasteiger partial charge < -0.3 is 10.6 Å². The van der Waals surface area contributed by atoms with E-state index in [1.54, 1.807) is 31.8 Å². The summed E-state index contributed by atoms with van der Waals surface area (Å²) in [6.45, 7) is 4.87. The first kappa shape index (κ1) is 24.5. The summed E-state index contributed by atoms with van der Waals surface area (Å²) in [7, 11) is 1.64. The highest BCUT2D eigenvalue weighted by Crippen LogP contribution is 2.32. The molecule has 4 aromatic rings. The normalized spacial score (nSPS) is 12.8. The fourth-order valence-corrected chi connectivity index (χ4v) is 5.04. The van der Waals surface area contributed by atoms with Crippen molar-refractivity contribution in [3.05, 3.63) is 71.9 Å². The molecule has 180 valence electrons. The lowest BCUT2D eigenvalue weighted by Crippen LogP contribution is -2.23. The first-order chi connectivity index (χ1) is 17.0. The molecule has 3 heterocycles. The van der Waals surface area contributed by atoms with Crippen LogP contribution in [0.4, 0.5) is 5.82 Å². The smallest absolute Gasteiger partial charge is 0.251 e. The van der Waals surface area contributed by atoms with E-state index in [1.807, 2.05) is 43.0 Å². The number of para-hydroxylation sites is 1. The molecule has 8 nitrogen and oxygen atoms in total. The number of benzene rings is 1. The predicted molar refractivity (Wildman–Crippen MR) is 142 cm³/mol. The van der Waals surface area contributed by atoms with Crippen LogP contribution in [0.25, 0.3) is 22.2 Å². The van der Waals surface area contributed by atoms with Gasteiger partial charge in [0.2, 0.25) is 0 Å². The van der Waals surface area contributed by atoms with Crippen molar-refractivity contribution in [3.63, 3.8) is 0 Å². The Morgan fingerprint density at radius 3 is 2.77 bits per heavy atom. The zero-order valence-corrected chi connectivity index (χ0v) is 21.1. The Kier molecular flexibility index (Phi) is 7.87. The number of rotatable bonds is 9. The van der Waals surface area contributed by atoms with Crippen LogP contribution in [0.1, 0.15) is 34.5 Å². The van der Waals surface area contributed by atoms with E-state index in [9.17, 15) is 4.79 Å². The minimum absolute atomic E-state index is 0.108. The number of amides is 1. The molecule has 0 radical (unpaired) electrons. The first-order valence-electron chi connectivity index (χ1n) is 11.5. The van der Waals surface area contributed by atoms with Gasteiger partial charge in [-0.3, -0.25) is 9.78 Å². The van der Waals surface area contributed by atoms with E-state index in [-0.39, 0.29) is 11.8 Å². The maximum absolute atomic E-state index is 12.4. The summed E-state index contributed by atoms with van der Waals surface area (Å²) in [5.41, 5.74) is 5.20. The van der Waals surface area contributed by atoms with Crippen LogP contribution in [0, 0.1) is 12.8 Å². The molecular weight excluding hydrogens is 458 g/mol. The molecule has 2 unspecified atom stereocenters. The summed E-state index contributed by atoms with van der Waals surface area (Å²) < 4.78 is 0. The van der Waals surface area contributed by atoms with Crippen molar-refractivity contribution in [2.24, 2.45) is 5.92 Å². The largest absolute Gasteiger partial charge is 0.370 e. The second-order valence-electron chi connectivity index (χ2n) is 8.44. The molecule has 0 bridgehead atoms. The average Bonchev–Trinajstić information content (AvgIpc) is 2.89. The first-order valence-corrected chi connectivity index (χ1v) is 12.9. The highest BCUT2D eigenvalue weighted by molar-refractivity contribution is 7.98. The zero-order valence-electron chi connectivity index (χ0n) is 20.3. The van der Waals surface area contributed by atoms with Gasteiger partial charge >= 0.3 is 0 Å². The van der Waals surface area contributed by atoms with Crippen LogP contribution in [0.2, 0.25) is 0 Å². The van der Waals surface area contributed by atoms with Gasteiger partial charge in [-0.05, 0) is 48.5 Å². The van der Waals surface area contributed by atoms with Crippen molar-refractivity contribution < 1.29 is 4.79 Å². The van der Waals surface area contributed by atoms with E-state index >= 15 is 0 Å². The molecule has 0 aliphatic rings. The summed E-state index contributed by atoms with van der Waals surface area (Å²) in [4.78, 5) is 25.9. The fourth-order valence-electron chi connectivity index (χ4n) is 4.21. The van der Waals surface area contributed by atoms with Gasteiger partial charge in [-0.15, -0.1) is 0 Å². The molecule has 1 aromatic carbocycles. The van der Waals surface area contributed by atoms with Gasteiger partial charge in [-0.25, -0.2) is 9.97 Å². The number of aryl methyl sites for hydroxylation is 1. The van der Waals surface area contributed by atoms with Crippen molar-refractivity contribution >= 4 is 34.4 Å². The number of thioether (sulfide) groups is 1. The summed E-state index contributed by atoms with van der Waals surface area (Å²) >= 11 is 1.81. The van der Waals surface area contributed by atoms with Gasteiger partial charge in [-0.2, -0.15) is 22.0 Å². The molecule has 35 heavy (non-hydrogen) atoms. The Bertz CT molecular complexity index is 1330. The van der Waals surface area contributed by atoms with Crippen molar-refractivity contribution in [3.8, 4) is 11.3 Å². The highest BCUT2D eigenvalue weighted by atomic mass is 32.2. The predicted octanol–water partition coefficient (Wildman–Crippen LogP) is 4.34. The minimum atomic E-state index is -0.108. The number of hydrogen-bond donors (Lipinski definition) is 2. The fraction of sp³-hybridized carbons (Fsp3) is 0.308. The van der Waals surface area contributed by atoms with Crippen LogP contribution in [-0.4, -0.2) is 56.7 Å². The number of anilines is 1. The van der Waals surface area contributed by atoms with Crippen LogP contribution >= 0.6 is 11.8 Å². The summed E-state index contributed by atoms with van der Waals surface area (Å²) in [5.74, 6) is 2.14. The van der Waals surface area contributed by atoms with Crippen molar-refractivity contribution in [1.29, 1.82) is 0 Å². The van der Waals surface area contributed by atoms with E-state index in [4.69, 9.17) is 0 Å². The maximum Gasteiger partial charge on any atom is 0.251 e. The third-order valence-electron chi connectivity index (χ3n) is 6.14. The standard InChI is InChI=1S/C26H29N7OS/c1-16-10-18(13-32-33-16)23-11-24(31-15-30-23)29-12-19(14-35-4)17(2)20-6-5-7-21-22(26(34)27-3)8-9-28-25(20)21/h5-11,13,15,17,19H,12,14H2,1-4H3,(H,27,34)(H,29,30,31). The molecule has 2 N–H and O–H groups in total. The number of carbonyl (C=O) groups is 1. The number of fused-ring (bicyclic) bond motifs is 1. The molecule has 0 spiro atoms. The molecule has 4 rings (SSSR count). The van der Waals surface area contributed by atoms with Crippen LogP contribution in [0.3, 0.4) is 0 Å². The number of pyridine rings is 1. The van der Waals surface area contributed by atoms with Crippen molar-refractivity contribution in [2.45, 2.75) is 19.8 Å². The Labute approximate surface area is 209 Å². The molecule has 0 aliphatic carbocycles. The monoisotopic (exact) mass is 487 g/mol. The quantitative estimate of drug-likeness (QED) is 0.359. The zero-order chi connectivity index (χ0) is 24.8. The van der Waals surface area contributed by atoms with E-state index < -0.39 is 0 Å². The molecular formula is C26H29N7OS. The number of hydrogen-bond acceptors (Lipinski definition) is 8. The topological polar surface area (TPSA) is 106 Å². The molecule has 1 amide bonds. The van der Waals surface area contributed by atoms with Gasteiger partial charge in [0.15, 0.2) is 0 Å². The number of nitrogens with one attached hydrogen (secondary N) is 2. The Morgan fingerprint density at radius 1 is 1.14 bits per heavy atom. The number of carbonyl (C=O) groups excluding carboxylic acids is 1. The van der Waals surface area contributed by atoms with Crippen LogP contribution in [0.15, 0.2) is 55.1 Å². The number of aromatic nitrogens is 5. The Hall–Kier alpha value is -3.59. The van der Waals surface area contributed by atoms with Gasteiger partial charge in [0, 0.05) is 36.8 Å². The lowest BCUT2D eigenvalue weighted by atomic mass is 9.86. The Morgan fingerprint density at radius 2 is 2.00 bits per heavy atom. The SMILES string of the molecule is CNC(=O)c1ccnc2c(C(C)C(CNc3cc(-c4cnnc(C)c4)ncn3)CSC)cccc12. The molecule has 3 aromatic heterocycles. The molecule has 0 saturated heterocycles. The number of nitrogens with zero attached hydrogens (tertiary/aromatic N) is 5. The average molecular weight is 488 g/mol. The van der Waals surface area contributed by atoms with E-state index in [0.717, 1.165) is 51.5 Å². The second-order valence-corrected chi connectivity index (χ2v) is 9.35. The highest BCUT2D eigenvalue weighted by Gasteiger charge is 2.22. The second kappa shape index (κ2) is 11.2. The summed E-state index contributed by atoms with van der Waals surface area (Å²) in [6.07, 6.45) is 7.10. The summed E-state index contributed by atoms with van der Waals surface area (Å²) in [5, 5.41) is 15.1. The van der Waals surface area contributed by atoms with Crippen LogP contribution < -0.4 is 10.6 Å². The molecule has 2 atom stereocenters. The van der Waals surface area contributed by atoms with Crippen molar-refractivity contribution in [1.82, 2.24) is 30.5 Å². The minimum Gasteiger partial charge on any atom is -0.370 e. The molecule has 9 heteroatoms. The third-order valence-corrected chi connectivity index (χ3v) is 6.90. The van der Waals surface area contributed by atoms with E-state index in [1.165, 1.54) is 0 Å². The van der Waals surface area contributed by atoms with E-state index in [0.29, 0.717) is 11.5 Å². The summed E-state index contributed by atoms with van der Waals surface area (Å²) in [6, 6.07) is 11.7. The molecule has 0 aliphatic heterocycles. The van der Waals surface area contributed by atoms with E-state index in [2.05, 4.69) is 55.0 Å². The van der Waals surface area contributed by atoms with Gasteiger partial charge in [0.05, 0.1) is 28.7 Å². The van der Waals surface area contributed by atoms with Crippen LogP contribution in [0.5, 0.6) is 0 Å². The van der Waals surface area contributed by atoms with Crippen LogP contribution in [-0.2, 0) is 0 Å². The lowest BCUT2D eigenvalue weighted by molar-refractivity contribution is 0.0964. The molecule has 0 saturated carbocycles. The van der Waals surface area contributed by atoms with Crippen molar-refractivity contribution in [2.75, 3.05) is 30.9 Å². The van der Waals surface area contributed by atoms with Gasteiger partial charge in [0.1, 0.15) is 12.1 Å². The third kappa shape index (κ3) is 5.57. The molecule has 0 fully saturated rings. The van der Waals surface area contributed by atoms with Gasteiger partial charge in [0.25, 0.3) is 5.91 Å². The Balaban J connectivity index is 1.58. The lowest BCUT2D eigenvalue weighted by Gasteiger charge is -2.25. The maximum atomic E-state index is 12.4. The van der Waals surface area contributed by atoms with Gasteiger partial charge in [-0.1, -0.05) is 25.1 Å².